The molecule has 9 aromatic carbocycles. The Morgan fingerprint density at radius 1 is 0.274 bits per heavy atom. The minimum absolute atomic E-state index is 0.605. The molecule has 0 N–H and O–H groups in total. The highest BCUT2D eigenvalue weighted by atomic mass is 15.1. The second kappa shape index (κ2) is 14.7. The molecule has 0 amide bonds. The lowest BCUT2D eigenvalue weighted by Gasteiger charge is -2.26. The molecule has 1 aliphatic carbocycles. The third-order valence-corrected chi connectivity index (χ3v) is 11.7. The number of benzene rings is 9. The van der Waals surface area contributed by atoms with E-state index in [1.165, 1.54) is 21.5 Å². The van der Waals surface area contributed by atoms with Crippen LogP contribution in [0.25, 0.3) is 77.9 Å². The first-order valence-corrected chi connectivity index (χ1v) is 20.8. The Bertz CT molecular complexity index is 3270. The SMILES string of the molecule is c1ccc(N(c2cccc(-c3nc4c5c(nc(-c6cccc(N(c7ccccc7)c7ccc8ccccc8c7)c6)nc5n3)-c3ccccc3-4)c2)c2ccc3ccccc3c2)cc1. The van der Waals surface area contributed by atoms with Crippen LogP contribution in [0.3, 0.4) is 0 Å². The maximum absolute atomic E-state index is 5.28. The summed E-state index contributed by atoms with van der Waals surface area (Å²) in [7, 11) is 0. The molecule has 2 heterocycles. The quantitative estimate of drug-likeness (QED) is 0.153. The van der Waals surface area contributed by atoms with Crippen LogP contribution in [0.1, 0.15) is 0 Å². The standard InChI is InChI=1S/C56H36N6/c1-3-21-43(22-4-1)61(47-31-29-37-15-7-9-17-39(37)33-47)45-25-13-19-41(35-45)54-57-52-49-27-11-12-28-50(49)53-51(52)56(59-54)60-55(58-53)42-20-14-26-46(36-42)62(44-23-5-2-6-24-44)48-32-30-38-16-8-10-18-40(38)34-48/h1-36H. The molecule has 0 unspecified atom stereocenters. The predicted octanol–water partition coefficient (Wildman–Crippen LogP) is 14.6. The van der Waals surface area contributed by atoms with Crippen LogP contribution in [0, 0.1) is 0 Å². The lowest BCUT2D eigenvalue weighted by molar-refractivity contribution is 1.16. The number of fused-ring (bicyclic) bond motifs is 5. The summed E-state index contributed by atoms with van der Waals surface area (Å²) in [5.74, 6) is 1.21. The Balaban J connectivity index is 0.996. The van der Waals surface area contributed by atoms with Crippen LogP contribution < -0.4 is 9.80 Å². The maximum atomic E-state index is 5.28. The molecule has 12 rings (SSSR count). The molecule has 62 heavy (non-hydrogen) atoms. The van der Waals surface area contributed by atoms with E-state index in [9.17, 15) is 0 Å². The second-order valence-corrected chi connectivity index (χ2v) is 15.5. The highest BCUT2D eigenvalue weighted by Crippen LogP contribution is 2.46. The van der Waals surface area contributed by atoms with E-state index in [0.29, 0.717) is 17.3 Å². The molecule has 0 saturated carbocycles. The lowest BCUT2D eigenvalue weighted by atomic mass is 10.1. The topological polar surface area (TPSA) is 58.0 Å². The fourth-order valence-corrected chi connectivity index (χ4v) is 8.83. The molecule has 0 radical (unpaired) electrons. The minimum atomic E-state index is 0.605. The first-order chi connectivity index (χ1) is 30.7. The van der Waals surface area contributed by atoms with E-state index in [2.05, 4.69) is 216 Å². The molecule has 1 aliphatic rings. The minimum Gasteiger partial charge on any atom is -0.310 e. The van der Waals surface area contributed by atoms with Gasteiger partial charge in [0.05, 0.1) is 16.8 Å². The van der Waals surface area contributed by atoms with Crippen LogP contribution in [0.5, 0.6) is 0 Å². The average molecular weight is 793 g/mol. The Kier molecular flexibility index (Phi) is 8.38. The molecule has 0 fully saturated rings. The second-order valence-electron chi connectivity index (χ2n) is 15.5. The van der Waals surface area contributed by atoms with Crippen molar-refractivity contribution in [1.82, 2.24) is 19.9 Å². The van der Waals surface area contributed by atoms with Crippen molar-refractivity contribution in [1.29, 1.82) is 0 Å². The van der Waals surface area contributed by atoms with E-state index in [0.717, 1.165) is 73.2 Å². The van der Waals surface area contributed by atoms with E-state index >= 15 is 0 Å². The summed E-state index contributed by atoms with van der Waals surface area (Å²) in [6, 6.07) is 76.4. The summed E-state index contributed by atoms with van der Waals surface area (Å²) in [6.45, 7) is 0. The average Bonchev–Trinajstić information content (AvgIpc) is 3.66. The summed E-state index contributed by atoms with van der Waals surface area (Å²) in [5.41, 5.74) is 12.4. The molecule has 0 aliphatic heterocycles. The largest absolute Gasteiger partial charge is 0.310 e. The number of hydrogen-bond donors (Lipinski definition) is 0. The smallest absolute Gasteiger partial charge is 0.168 e. The molecule has 0 atom stereocenters. The molecular formula is C56H36N6. The van der Waals surface area contributed by atoms with Crippen LogP contribution in [-0.2, 0) is 0 Å². The van der Waals surface area contributed by atoms with Gasteiger partial charge in [-0.05, 0) is 94.3 Å². The Hall–Kier alpha value is -8.48. The molecule has 6 nitrogen and oxygen atoms in total. The summed E-state index contributed by atoms with van der Waals surface area (Å²) < 4.78 is 0. The van der Waals surface area contributed by atoms with Crippen molar-refractivity contribution < 1.29 is 0 Å². The van der Waals surface area contributed by atoms with Gasteiger partial charge in [-0.1, -0.05) is 146 Å². The van der Waals surface area contributed by atoms with E-state index in [4.69, 9.17) is 19.9 Å². The van der Waals surface area contributed by atoms with Crippen LogP contribution in [0.2, 0.25) is 0 Å². The highest BCUT2D eigenvalue weighted by Gasteiger charge is 2.28. The molecule has 0 bridgehead atoms. The van der Waals surface area contributed by atoms with Gasteiger partial charge < -0.3 is 9.80 Å². The third-order valence-electron chi connectivity index (χ3n) is 11.7. The van der Waals surface area contributed by atoms with Crippen LogP contribution >= 0.6 is 0 Å². The van der Waals surface area contributed by atoms with Crippen LogP contribution in [0.15, 0.2) is 218 Å². The van der Waals surface area contributed by atoms with E-state index in [-0.39, 0.29) is 0 Å². The number of nitrogens with zero attached hydrogens (tertiary/aromatic N) is 6. The van der Waals surface area contributed by atoms with Crippen LogP contribution in [-0.4, -0.2) is 19.9 Å². The van der Waals surface area contributed by atoms with Gasteiger partial charge >= 0.3 is 0 Å². The molecule has 2 aromatic heterocycles. The Morgan fingerprint density at radius 2 is 0.661 bits per heavy atom. The summed E-state index contributed by atoms with van der Waals surface area (Å²) in [6.07, 6.45) is 0. The van der Waals surface area contributed by atoms with Crippen molar-refractivity contribution >= 4 is 66.7 Å². The van der Waals surface area contributed by atoms with Crippen molar-refractivity contribution in [3.05, 3.63) is 218 Å². The monoisotopic (exact) mass is 792 g/mol. The number of anilines is 6. The zero-order valence-electron chi connectivity index (χ0n) is 33.5. The normalized spacial score (nSPS) is 11.5. The molecule has 0 saturated heterocycles. The zero-order chi connectivity index (χ0) is 41.0. The lowest BCUT2D eigenvalue weighted by Crippen LogP contribution is -2.10. The number of para-hydroxylation sites is 2. The Labute approximate surface area is 358 Å². The fourth-order valence-electron chi connectivity index (χ4n) is 8.83. The van der Waals surface area contributed by atoms with E-state index < -0.39 is 0 Å². The third kappa shape index (κ3) is 6.13. The van der Waals surface area contributed by atoms with E-state index in [1.54, 1.807) is 0 Å². The van der Waals surface area contributed by atoms with Gasteiger partial charge in [-0.25, -0.2) is 19.9 Å². The summed E-state index contributed by atoms with van der Waals surface area (Å²) in [4.78, 5) is 25.6. The van der Waals surface area contributed by atoms with Gasteiger partial charge in [0.2, 0.25) is 0 Å². The molecule has 290 valence electrons. The summed E-state index contributed by atoms with van der Waals surface area (Å²) >= 11 is 0. The number of aromatic nitrogens is 4. The molecule has 6 heteroatoms. The number of hydrogen-bond acceptors (Lipinski definition) is 6. The molecule has 0 spiro atoms. The van der Waals surface area contributed by atoms with Crippen molar-refractivity contribution in [3.63, 3.8) is 0 Å². The maximum Gasteiger partial charge on any atom is 0.168 e. The van der Waals surface area contributed by atoms with E-state index in [1.807, 2.05) is 12.1 Å². The zero-order valence-corrected chi connectivity index (χ0v) is 33.5. The van der Waals surface area contributed by atoms with Gasteiger partial charge in [0.1, 0.15) is 0 Å². The molecule has 11 aromatic rings. The van der Waals surface area contributed by atoms with Gasteiger partial charge in [0, 0.05) is 56.4 Å². The van der Waals surface area contributed by atoms with Gasteiger partial charge in [-0.2, -0.15) is 0 Å². The first-order valence-electron chi connectivity index (χ1n) is 20.8. The van der Waals surface area contributed by atoms with Crippen molar-refractivity contribution in [2.45, 2.75) is 0 Å². The highest BCUT2D eigenvalue weighted by molar-refractivity contribution is 6.11. The van der Waals surface area contributed by atoms with Crippen molar-refractivity contribution in [3.8, 4) is 45.3 Å². The molecular weight excluding hydrogens is 757 g/mol. The number of rotatable bonds is 8. The Morgan fingerprint density at radius 3 is 1.13 bits per heavy atom. The van der Waals surface area contributed by atoms with Gasteiger partial charge in [0.15, 0.2) is 17.3 Å². The van der Waals surface area contributed by atoms with Crippen molar-refractivity contribution in [2.24, 2.45) is 0 Å². The fraction of sp³-hybridized carbons (Fsp3) is 0. The van der Waals surface area contributed by atoms with Crippen LogP contribution in [0.4, 0.5) is 34.1 Å². The predicted molar refractivity (Wildman–Crippen MR) is 255 cm³/mol. The van der Waals surface area contributed by atoms with Gasteiger partial charge in [-0.3, -0.25) is 0 Å². The van der Waals surface area contributed by atoms with Gasteiger partial charge in [0.25, 0.3) is 0 Å². The summed E-state index contributed by atoms with van der Waals surface area (Å²) in [5, 5.41) is 5.63. The van der Waals surface area contributed by atoms with Crippen molar-refractivity contribution in [2.75, 3.05) is 9.80 Å². The first kappa shape index (κ1) is 35.5. The van der Waals surface area contributed by atoms with Gasteiger partial charge in [-0.15, -0.1) is 0 Å².